The van der Waals surface area contributed by atoms with E-state index in [2.05, 4.69) is 15.0 Å². The number of nitrogens with one attached hydrogen (secondary N) is 2. The number of benzene rings is 1. The van der Waals surface area contributed by atoms with E-state index in [0.717, 1.165) is 5.56 Å². The molecule has 1 aromatic heterocycles. The SMILES string of the molecule is COc1ccccc1CNC(=O)C(C)OC(=O)CCNS(=O)(=O)c1cn(C)c(C)n1. The number of nitrogens with zero attached hydrogens (tertiary/aromatic N) is 2. The van der Waals surface area contributed by atoms with Crippen molar-refractivity contribution in [2.24, 2.45) is 7.05 Å². The molecule has 11 heteroatoms. The van der Waals surface area contributed by atoms with Gasteiger partial charge in [-0.3, -0.25) is 9.59 Å². The number of methoxy groups -OCH3 is 1. The predicted octanol–water partition coefficient (Wildman–Crippen LogP) is 0.654. The molecular weight excluding hydrogens is 412 g/mol. The Hall–Kier alpha value is -2.92. The van der Waals surface area contributed by atoms with Gasteiger partial charge in [0.05, 0.1) is 13.5 Å². The second-order valence-electron chi connectivity index (χ2n) is 6.55. The summed E-state index contributed by atoms with van der Waals surface area (Å²) in [5.74, 6) is 0.00853. The minimum atomic E-state index is -3.83. The Morgan fingerprint density at radius 1 is 1.27 bits per heavy atom. The van der Waals surface area contributed by atoms with Gasteiger partial charge in [-0.25, -0.2) is 18.1 Å². The molecule has 0 saturated heterocycles. The number of rotatable bonds is 10. The highest BCUT2D eigenvalue weighted by molar-refractivity contribution is 7.89. The molecule has 0 spiro atoms. The molecule has 164 valence electrons. The average Bonchev–Trinajstić information content (AvgIpc) is 3.05. The van der Waals surface area contributed by atoms with E-state index in [1.54, 1.807) is 24.6 Å². The van der Waals surface area contributed by atoms with Gasteiger partial charge in [-0.05, 0) is 19.9 Å². The molecule has 1 amide bonds. The zero-order valence-electron chi connectivity index (χ0n) is 17.3. The summed E-state index contributed by atoms with van der Waals surface area (Å²) in [5.41, 5.74) is 0.783. The van der Waals surface area contributed by atoms with Crippen LogP contribution in [0.25, 0.3) is 0 Å². The number of amides is 1. The Balaban J connectivity index is 1.77. The van der Waals surface area contributed by atoms with Gasteiger partial charge >= 0.3 is 5.97 Å². The lowest BCUT2D eigenvalue weighted by molar-refractivity contribution is -0.154. The van der Waals surface area contributed by atoms with Crippen molar-refractivity contribution in [3.63, 3.8) is 0 Å². The fourth-order valence-corrected chi connectivity index (χ4v) is 3.57. The molecule has 1 atom stereocenters. The monoisotopic (exact) mass is 438 g/mol. The van der Waals surface area contributed by atoms with Crippen LogP contribution >= 0.6 is 0 Å². The first-order valence-corrected chi connectivity index (χ1v) is 10.7. The first-order chi connectivity index (χ1) is 14.1. The number of carbonyl (C=O) groups excluding carboxylic acids is 2. The number of aryl methyl sites for hydroxylation is 2. The lowest BCUT2D eigenvalue weighted by Crippen LogP contribution is -2.36. The number of aromatic nitrogens is 2. The first kappa shape index (κ1) is 23.4. The smallest absolute Gasteiger partial charge is 0.307 e. The number of hydrogen-bond acceptors (Lipinski definition) is 7. The van der Waals surface area contributed by atoms with Crippen molar-refractivity contribution in [2.75, 3.05) is 13.7 Å². The predicted molar refractivity (Wildman–Crippen MR) is 108 cm³/mol. The lowest BCUT2D eigenvalue weighted by Gasteiger charge is -2.14. The van der Waals surface area contributed by atoms with Crippen LogP contribution in [0.4, 0.5) is 0 Å². The summed E-state index contributed by atoms with van der Waals surface area (Å²) < 4.78 is 38.5. The van der Waals surface area contributed by atoms with E-state index in [1.807, 2.05) is 18.2 Å². The van der Waals surface area contributed by atoms with Crippen molar-refractivity contribution >= 4 is 21.9 Å². The maximum absolute atomic E-state index is 12.2. The third-order valence-corrected chi connectivity index (χ3v) is 5.64. The molecule has 2 rings (SSSR count). The van der Waals surface area contributed by atoms with Crippen molar-refractivity contribution < 1.29 is 27.5 Å². The average molecular weight is 439 g/mol. The fraction of sp³-hybridized carbons (Fsp3) is 0.421. The second kappa shape index (κ2) is 10.2. The molecule has 0 aliphatic carbocycles. The summed E-state index contributed by atoms with van der Waals surface area (Å²) in [7, 11) is -0.614. The summed E-state index contributed by atoms with van der Waals surface area (Å²) in [6.45, 7) is 3.16. The third kappa shape index (κ3) is 6.29. The molecular formula is C19H26N4O6S. The summed E-state index contributed by atoms with van der Waals surface area (Å²) in [4.78, 5) is 28.0. The van der Waals surface area contributed by atoms with Gasteiger partial charge in [-0.2, -0.15) is 0 Å². The van der Waals surface area contributed by atoms with Gasteiger partial charge in [0.15, 0.2) is 11.1 Å². The summed E-state index contributed by atoms with van der Waals surface area (Å²) in [6, 6.07) is 7.22. The Morgan fingerprint density at radius 2 is 1.97 bits per heavy atom. The number of para-hydroxylation sites is 1. The number of carbonyl (C=O) groups is 2. The molecule has 0 bridgehead atoms. The maximum Gasteiger partial charge on any atom is 0.307 e. The van der Waals surface area contributed by atoms with Crippen LogP contribution in [0.1, 0.15) is 24.7 Å². The maximum atomic E-state index is 12.2. The van der Waals surface area contributed by atoms with E-state index in [0.29, 0.717) is 11.6 Å². The Kier molecular flexibility index (Phi) is 7.95. The Morgan fingerprint density at radius 3 is 2.60 bits per heavy atom. The van der Waals surface area contributed by atoms with E-state index in [9.17, 15) is 18.0 Å². The number of esters is 1. The number of hydrogen-bond donors (Lipinski definition) is 2. The van der Waals surface area contributed by atoms with E-state index in [1.165, 1.54) is 20.2 Å². The van der Waals surface area contributed by atoms with Gasteiger partial charge in [0.1, 0.15) is 11.6 Å². The molecule has 1 aromatic carbocycles. The fourth-order valence-electron chi connectivity index (χ4n) is 2.50. The number of sulfonamides is 1. The van der Waals surface area contributed by atoms with Crippen LogP contribution in [0.3, 0.4) is 0 Å². The van der Waals surface area contributed by atoms with Crippen molar-refractivity contribution in [1.29, 1.82) is 0 Å². The summed E-state index contributed by atoms with van der Waals surface area (Å²) >= 11 is 0. The van der Waals surface area contributed by atoms with E-state index in [-0.39, 0.29) is 24.5 Å². The van der Waals surface area contributed by atoms with Gasteiger partial charge in [-0.1, -0.05) is 18.2 Å². The molecule has 2 N–H and O–H groups in total. The molecule has 0 fully saturated rings. The molecule has 1 heterocycles. The van der Waals surface area contributed by atoms with Crippen LogP contribution in [0, 0.1) is 6.92 Å². The normalized spacial score (nSPS) is 12.3. The Labute approximate surface area is 175 Å². The number of ether oxygens (including phenoxy) is 2. The molecule has 10 nitrogen and oxygen atoms in total. The molecule has 0 aliphatic rings. The second-order valence-corrected chi connectivity index (χ2v) is 8.26. The summed E-state index contributed by atoms with van der Waals surface area (Å²) in [5, 5.41) is 2.54. The quantitative estimate of drug-likeness (QED) is 0.521. The van der Waals surface area contributed by atoms with Crippen molar-refractivity contribution in [1.82, 2.24) is 19.6 Å². The highest BCUT2D eigenvalue weighted by Crippen LogP contribution is 2.16. The standard InChI is InChI=1S/C19H26N4O6S/c1-13(19(25)20-11-15-7-5-6-8-16(15)28-4)29-18(24)9-10-21-30(26,27)17-12-23(3)14(2)22-17/h5-8,12-13,21H,9-11H2,1-4H3,(H,20,25). The van der Waals surface area contributed by atoms with Crippen LogP contribution in [0.5, 0.6) is 5.75 Å². The first-order valence-electron chi connectivity index (χ1n) is 9.22. The van der Waals surface area contributed by atoms with Crippen LogP contribution in [-0.2, 0) is 37.9 Å². The highest BCUT2D eigenvalue weighted by Gasteiger charge is 2.21. The van der Waals surface area contributed by atoms with Gasteiger partial charge in [-0.15, -0.1) is 0 Å². The van der Waals surface area contributed by atoms with Gasteiger partial charge in [0.2, 0.25) is 0 Å². The topological polar surface area (TPSA) is 129 Å². The molecule has 0 saturated carbocycles. The minimum absolute atomic E-state index is 0.125. The van der Waals surface area contributed by atoms with Gasteiger partial charge in [0, 0.05) is 31.9 Å². The number of imidazole rings is 1. The van der Waals surface area contributed by atoms with Gasteiger partial charge < -0.3 is 19.4 Å². The molecule has 2 aromatic rings. The van der Waals surface area contributed by atoms with E-state index >= 15 is 0 Å². The van der Waals surface area contributed by atoms with E-state index < -0.39 is 28.0 Å². The molecule has 1 unspecified atom stereocenters. The molecule has 30 heavy (non-hydrogen) atoms. The van der Waals surface area contributed by atoms with Crippen molar-refractivity contribution in [3.8, 4) is 5.75 Å². The van der Waals surface area contributed by atoms with Crippen LogP contribution in [-0.4, -0.2) is 49.6 Å². The van der Waals surface area contributed by atoms with Crippen LogP contribution in [0.2, 0.25) is 0 Å². The van der Waals surface area contributed by atoms with E-state index in [4.69, 9.17) is 9.47 Å². The third-order valence-electron chi connectivity index (χ3n) is 4.31. The minimum Gasteiger partial charge on any atom is -0.496 e. The molecule has 0 aliphatic heterocycles. The van der Waals surface area contributed by atoms with Gasteiger partial charge in [0.25, 0.3) is 15.9 Å². The zero-order valence-corrected chi connectivity index (χ0v) is 18.2. The highest BCUT2D eigenvalue weighted by atomic mass is 32.2. The Bertz CT molecular complexity index is 983. The lowest BCUT2D eigenvalue weighted by atomic mass is 10.2. The van der Waals surface area contributed by atoms with Crippen LogP contribution in [0.15, 0.2) is 35.5 Å². The van der Waals surface area contributed by atoms with Crippen molar-refractivity contribution in [2.45, 2.75) is 37.9 Å². The molecule has 0 radical (unpaired) electrons. The van der Waals surface area contributed by atoms with Crippen molar-refractivity contribution in [3.05, 3.63) is 41.9 Å². The summed E-state index contributed by atoms with van der Waals surface area (Å²) in [6.07, 6.45) is 0.126. The van der Waals surface area contributed by atoms with Crippen LogP contribution < -0.4 is 14.8 Å². The zero-order chi connectivity index (χ0) is 22.3. The largest absolute Gasteiger partial charge is 0.496 e.